The van der Waals surface area contributed by atoms with Gasteiger partial charge in [-0.1, -0.05) is 12.1 Å². The molecule has 0 spiro atoms. The molecule has 3 aromatic rings. The predicted octanol–water partition coefficient (Wildman–Crippen LogP) is 1.79. The van der Waals surface area contributed by atoms with Crippen molar-refractivity contribution in [2.24, 2.45) is 7.05 Å². The monoisotopic (exact) mass is 352 g/mol. The van der Waals surface area contributed by atoms with Gasteiger partial charge in [0.15, 0.2) is 11.6 Å². The van der Waals surface area contributed by atoms with E-state index in [-0.39, 0.29) is 11.9 Å². The summed E-state index contributed by atoms with van der Waals surface area (Å²) < 4.78 is 8.94. The lowest BCUT2D eigenvalue weighted by molar-refractivity contribution is -0.137. The summed E-state index contributed by atoms with van der Waals surface area (Å²) >= 11 is 0. The number of carbonyl (C=O) groups excluding carboxylic acids is 1. The molecule has 0 bridgehead atoms. The lowest BCUT2D eigenvalue weighted by Gasteiger charge is -2.32. The van der Waals surface area contributed by atoms with Crippen molar-refractivity contribution in [3.63, 3.8) is 0 Å². The van der Waals surface area contributed by atoms with Gasteiger partial charge in [0.1, 0.15) is 11.8 Å². The number of fused-ring (bicyclic) bond motifs is 1. The third kappa shape index (κ3) is 2.63. The van der Waals surface area contributed by atoms with E-state index < -0.39 is 0 Å². The Hall–Kier alpha value is -3.16. The molecule has 26 heavy (non-hydrogen) atoms. The van der Waals surface area contributed by atoms with Crippen molar-refractivity contribution in [3.8, 4) is 17.4 Å². The molecule has 0 saturated carbocycles. The van der Waals surface area contributed by atoms with Crippen molar-refractivity contribution in [2.75, 3.05) is 7.11 Å². The Morgan fingerprint density at radius 1 is 1.19 bits per heavy atom. The van der Waals surface area contributed by atoms with Crippen LogP contribution in [-0.2, 0) is 24.9 Å². The number of amides is 1. The molecule has 1 amide bonds. The summed E-state index contributed by atoms with van der Waals surface area (Å²) in [6, 6.07) is 7.35. The van der Waals surface area contributed by atoms with E-state index in [0.717, 1.165) is 17.1 Å². The van der Waals surface area contributed by atoms with Gasteiger partial charge in [-0.25, -0.2) is 4.98 Å². The summed E-state index contributed by atoms with van der Waals surface area (Å²) in [7, 11) is 3.53. The largest absolute Gasteiger partial charge is 0.497 e. The second-order valence-corrected chi connectivity index (χ2v) is 6.39. The lowest BCUT2D eigenvalue weighted by Crippen LogP contribution is -2.41. The van der Waals surface area contributed by atoms with Crippen LogP contribution >= 0.6 is 0 Å². The summed E-state index contributed by atoms with van der Waals surface area (Å²) in [6.07, 6.45) is 3.56. The van der Waals surface area contributed by atoms with Crippen LogP contribution in [0.2, 0.25) is 0 Å². The molecular weight excluding hydrogens is 332 g/mol. The predicted molar refractivity (Wildman–Crippen MR) is 94.2 cm³/mol. The Morgan fingerprint density at radius 3 is 2.62 bits per heavy atom. The number of ether oxygens (including phenoxy) is 1. The SMILES string of the molecule is COc1ccc(CN2Cc3nnc(-c4nccn4C)n3[C@@H](C)C2=O)cc1. The van der Waals surface area contributed by atoms with Crippen LogP contribution in [0, 0.1) is 0 Å². The van der Waals surface area contributed by atoms with Crippen LogP contribution in [0.15, 0.2) is 36.7 Å². The molecule has 0 aliphatic carbocycles. The van der Waals surface area contributed by atoms with Gasteiger partial charge in [0.25, 0.3) is 0 Å². The third-order valence-electron chi connectivity index (χ3n) is 4.71. The number of hydrogen-bond donors (Lipinski definition) is 0. The highest BCUT2D eigenvalue weighted by Crippen LogP contribution is 2.28. The van der Waals surface area contributed by atoms with Crippen molar-refractivity contribution >= 4 is 5.91 Å². The van der Waals surface area contributed by atoms with Crippen molar-refractivity contribution < 1.29 is 9.53 Å². The molecule has 1 aliphatic rings. The molecule has 1 atom stereocenters. The second-order valence-electron chi connectivity index (χ2n) is 6.39. The van der Waals surface area contributed by atoms with Crippen LogP contribution in [0.25, 0.3) is 11.6 Å². The fourth-order valence-corrected chi connectivity index (χ4v) is 3.28. The fourth-order valence-electron chi connectivity index (χ4n) is 3.28. The molecule has 1 aromatic carbocycles. The molecule has 8 heteroatoms. The third-order valence-corrected chi connectivity index (χ3v) is 4.71. The van der Waals surface area contributed by atoms with E-state index in [0.29, 0.717) is 24.7 Å². The molecule has 8 nitrogen and oxygen atoms in total. The minimum atomic E-state index is -0.376. The number of rotatable bonds is 4. The van der Waals surface area contributed by atoms with E-state index in [1.807, 2.05) is 53.6 Å². The Kier molecular flexibility index (Phi) is 3.95. The first kappa shape index (κ1) is 16.3. The first-order valence-corrected chi connectivity index (χ1v) is 8.41. The number of methoxy groups -OCH3 is 1. The summed E-state index contributed by atoms with van der Waals surface area (Å²) in [5.41, 5.74) is 1.05. The molecular formula is C18H20N6O2. The maximum absolute atomic E-state index is 12.9. The van der Waals surface area contributed by atoms with Gasteiger partial charge >= 0.3 is 0 Å². The highest BCUT2D eigenvalue weighted by atomic mass is 16.5. The smallest absolute Gasteiger partial charge is 0.246 e. The first-order chi connectivity index (χ1) is 12.6. The zero-order valence-corrected chi connectivity index (χ0v) is 15.0. The zero-order valence-electron chi connectivity index (χ0n) is 15.0. The molecule has 4 rings (SSSR count). The molecule has 2 aromatic heterocycles. The number of imidazole rings is 1. The molecule has 134 valence electrons. The number of benzene rings is 1. The average Bonchev–Trinajstić information content (AvgIpc) is 3.25. The van der Waals surface area contributed by atoms with Crippen molar-refractivity contribution in [1.82, 2.24) is 29.2 Å². The Bertz CT molecular complexity index is 943. The van der Waals surface area contributed by atoms with Gasteiger partial charge in [0, 0.05) is 26.0 Å². The second kappa shape index (κ2) is 6.29. The summed E-state index contributed by atoms with van der Waals surface area (Å²) in [4.78, 5) is 19.1. The summed E-state index contributed by atoms with van der Waals surface area (Å²) in [5.74, 6) is 2.93. The lowest BCUT2D eigenvalue weighted by atomic mass is 10.1. The summed E-state index contributed by atoms with van der Waals surface area (Å²) in [5, 5.41) is 8.59. The number of hydrogen-bond acceptors (Lipinski definition) is 5. The quantitative estimate of drug-likeness (QED) is 0.715. The molecule has 0 radical (unpaired) electrons. The van der Waals surface area contributed by atoms with Gasteiger partial charge in [-0.3, -0.25) is 9.36 Å². The van der Waals surface area contributed by atoms with Gasteiger partial charge in [-0.2, -0.15) is 0 Å². The van der Waals surface area contributed by atoms with Gasteiger partial charge in [0.2, 0.25) is 11.7 Å². The maximum atomic E-state index is 12.9. The average molecular weight is 352 g/mol. The number of aryl methyl sites for hydroxylation is 1. The summed E-state index contributed by atoms with van der Waals surface area (Å²) in [6.45, 7) is 2.83. The van der Waals surface area contributed by atoms with E-state index in [9.17, 15) is 4.79 Å². The Labute approximate surface area is 151 Å². The highest BCUT2D eigenvalue weighted by molar-refractivity contribution is 5.81. The fraction of sp³-hybridized carbons (Fsp3) is 0.333. The maximum Gasteiger partial charge on any atom is 0.246 e. The van der Waals surface area contributed by atoms with E-state index in [2.05, 4.69) is 15.2 Å². The molecule has 0 fully saturated rings. The minimum absolute atomic E-state index is 0.0450. The normalized spacial score (nSPS) is 16.7. The van der Waals surface area contributed by atoms with Gasteiger partial charge in [-0.05, 0) is 24.6 Å². The topological polar surface area (TPSA) is 78.1 Å². The van der Waals surface area contributed by atoms with Gasteiger partial charge in [-0.15, -0.1) is 10.2 Å². The van der Waals surface area contributed by atoms with Crippen LogP contribution in [0.5, 0.6) is 5.75 Å². The molecule has 0 saturated heterocycles. The van der Waals surface area contributed by atoms with Crippen LogP contribution < -0.4 is 4.74 Å². The van der Waals surface area contributed by atoms with Gasteiger partial charge in [0.05, 0.1) is 13.7 Å². The van der Waals surface area contributed by atoms with E-state index >= 15 is 0 Å². The van der Waals surface area contributed by atoms with Crippen LogP contribution in [0.1, 0.15) is 24.4 Å². The van der Waals surface area contributed by atoms with Crippen molar-refractivity contribution in [2.45, 2.75) is 26.1 Å². The standard InChI is InChI=1S/C18H20N6O2/c1-12-18(25)23(10-13-4-6-14(26-3)7-5-13)11-15-20-21-17(24(12)15)16-19-8-9-22(16)2/h4-9,12H,10-11H2,1-3H3/t12-/m0/s1. The van der Waals surface area contributed by atoms with E-state index in [1.165, 1.54) is 0 Å². The number of aromatic nitrogens is 5. The molecule has 0 unspecified atom stereocenters. The minimum Gasteiger partial charge on any atom is -0.497 e. The van der Waals surface area contributed by atoms with Crippen LogP contribution in [0.4, 0.5) is 0 Å². The first-order valence-electron chi connectivity index (χ1n) is 8.41. The van der Waals surface area contributed by atoms with E-state index in [1.54, 1.807) is 18.2 Å². The van der Waals surface area contributed by atoms with Crippen LogP contribution in [0.3, 0.4) is 0 Å². The zero-order chi connectivity index (χ0) is 18.3. The Morgan fingerprint density at radius 2 is 1.96 bits per heavy atom. The Balaban J connectivity index is 1.62. The number of nitrogens with zero attached hydrogens (tertiary/aromatic N) is 6. The van der Waals surface area contributed by atoms with E-state index in [4.69, 9.17) is 4.74 Å². The van der Waals surface area contributed by atoms with Crippen molar-refractivity contribution in [3.05, 3.63) is 48.0 Å². The van der Waals surface area contributed by atoms with Crippen molar-refractivity contribution in [1.29, 1.82) is 0 Å². The molecule has 3 heterocycles. The van der Waals surface area contributed by atoms with Crippen LogP contribution in [-0.4, -0.2) is 42.2 Å². The molecule has 1 aliphatic heterocycles. The van der Waals surface area contributed by atoms with Gasteiger partial charge < -0.3 is 14.2 Å². The number of carbonyl (C=O) groups is 1. The highest BCUT2D eigenvalue weighted by Gasteiger charge is 2.34. The molecule has 0 N–H and O–H groups in total.